The molecule has 11 heteroatoms. The lowest BCUT2D eigenvalue weighted by molar-refractivity contribution is 0.0240. The predicted molar refractivity (Wildman–Crippen MR) is 157 cm³/mol. The number of hydrogen-bond acceptors (Lipinski definition) is 9. The van der Waals surface area contributed by atoms with Gasteiger partial charge in [-0.2, -0.15) is 0 Å². The number of fused-ring (bicyclic) bond motifs is 2. The number of anilines is 1. The van der Waals surface area contributed by atoms with Gasteiger partial charge in [0.05, 0.1) is 24.5 Å². The highest BCUT2D eigenvalue weighted by atomic mass is 32.2. The highest BCUT2D eigenvalue weighted by molar-refractivity contribution is 7.89. The number of nitrogens with zero attached hydrogens (tertiary/aromatic N) is 4. The third-order valence-electron chi connectivity index (χ3n) is 7.36. The zero-order valence-corrected chi connectivity index (χ0v) is 24.8. The number of piperazine rings is 1. The second-order valence-corrected chi connectivity index (χ2v) is 13.0. The predicted octanol–water partition coefficient (Wildman–Crippen LogP) is 4.18. The first-order valence-electron chi connectivity index (χ1n) is 14.1. The highest BCUT2D eigenvalue weighted by Gasteiger charge is 2.32. The van der Waals surface area contributed by atoms with Gasteiger partial charge in [-0.1, -0.05) is 12.1 Å². The number of benzene rings is 2. The summed E-state index contributed by atoms with van der Waals surface area (Å²) in [5.74, 6) is 1.09. The lowest BCUT2D eigenvalue weighted by Gasteiger charge is -2.36. The van der Waals surface area contributed by atoms with Crippen LogP contribution in [0.15, 0.2) is 59.6 Å². The molecule has 10 nitrogen and oxygen atoms in total. The van der Waals surface area contributed by atoms with Gasteiger partial charge in [0.15, 0.2) is 16.4 Å². The zero-order chi connectivity index (χ0) is 29.4. The summed E-state index contributed by atoms with van der Waals surface area (Å²) in [4.78, 5) is 34.9. The first-order valence-corrected chi connectivity index (χ1v) is 15.2. The number of carbonyl (C=O) groups is 2. The van der Waals surface area contributed by atoms with Crippen LogP contribution in [0.3, 0.4) is 0 Å². The Morgan fingerprint density at radius 1 is 0.929 bits per heavy atom. The summed E-state index contributed by atoms with van der Waals surface area (Å²) < 4.78 is 31.9. The lowest BCUT2D eigenvalue weighted by Crippen LogP contribution is -2.50. The first kappa shape index (κ1) is 28.3. The fraction of sp³-hybridized carbons (Fsp3) is 0.387. The molecule has 2 aromatic carbocycles. The molecule has 0 bridgehead atoms. The molecule has 0 N–H and O–H groups in total. The van der Waals surface area contributed by atoms with Crippen LogP contribution in [-0.4, -0.2) is 75.6 Å². The Morgan fingerprint density at radius 2 is 1.67 bits per heavy atom. The zero-order valence-electron chi connectivity index (χ0n) is 24.0. The molecule has 3 aliphatic heterocycles. The molecule has 1 aromatic heterocycles. The van der Waals surface area contributed by atoms with Gasteiger partial charge in [0.1, 0.15) is 24.5 Å². The van der Waals surface area contributed by atoms with Gasteiger partial charge in [-0.05, 0) is 62.2 Å². The second-order valence-electron chi connectivity index (χ2n) is 11.5. The number of carbonyl (C=O) groups excluding carboxylic acids is 2. The number of amides is 1. The normalized spacial score (nSPS) is 17.5. The highest BCUT2D eigenvalue weighted by Crippen LogP contribution is 2.35. The van der Waals surface area contributed by atoms with E-state index in [-0.39, 0.29) is 11.9 Å². The summed E-state index contributed by atoms with van der Waals surface area (Å²) in [5.41, 5.74) is 3.18. The molecule has 0 saturated carbocycles. The topological polar surface area (TPSA) is 108 Å². The molecule has 1 amide bonds. The van der Waals surface area contributed by atoms with Crippen LogP contribution >= 0.6 is 0 Å². The van der Waals surface area contributed by atoms with E-state index in [0.29, 0.717) is 80.1 Å². The van der Waals surface area contributed by atoms with Gasteiger partial charge in [-0.25, -0.2) is 4.79 Å². The van der Waals surface area contributed by atoms with Crippen LogP contribution in [-0.2, 0) is 29.2 Å². The van der Waals surface area contributed by atoms with Gasteiger partial charge in [-0.3, -0.25) is 9.78 Å². The molecule has 42 heavy (non-hydrogen) atoms. The molecule has 1 fully saturated rings. The average Bonchev–Trinajstić information content (AvgIpc) is 3.43. The summed E-state index contributed by atoms with van der Waals surface area (Å²) >= 11 is -1.41. The number of hydrogen-bond donors (Lipinski definition) is 0. The van der Waals surface area contributed by atoms with Crippen LogP contribution in [0.2, 0.25) is 0 Å². The molecule has 3 aromatic rings. The molecule has 1 unspecified atom stereocenters. The molecule has 1 saturated heterocycles. The molecule has 4 heterocycles. The number of rotatable bonds is 5. The van der Waals surface area contributed by atoms with Gasteiger partial charge in [0.25, 0.3) is 0 Å². The summed E-state index contributed by atoms with van der Waals surface area (Å²) in [6.07, 6.45) is 1.41. The Labute approximate surface area is 248 Å². The molecule has 1 atom stereocenters. The molecule has 0 radical (unpaired) electrons. The van der Waals surface area contributed by atoms with Crippen LogP contribution in [0.4, 0.5) is 10.5 Å². The average molecular weight is 591 g/mol. The maximum Gasteiger partial charge on any atom is 0.410 e. The number of ketones is 1. The van der Waals surface area contributed by atoms with Gasteiger partial charge in [-0.15, -0.1) is 4.31 Å². The van der Waals surface area contributed by atoms with Crippen LogP contribution in [0.25, 0.3) is 0 Å². The Hall–Kier alpha value is -3.80. The first-order chi connectivity index (χ1) is 20.1. The number of ether oxygens (including phenoxy) is 3. The minimum atomic E-state index is -1.41. The third-order valence-corrected chi connectivity index (χ3v) is 8.75. The van der Waals surface area contributed by atoms with E-state index < -0.39 is 17.0 Å². The van der Waals surface area contributed by atoms with Crippen LogP contribution in [0, 0.1) is 0 Å². The Bertz CT molecular complexity index is 1500. The van der Waals surface area contributed by atoms with Gasteiger partial charge >= 0.3 is 6.09 Å². The van der Waals surface area contributed by atoms with Crippen molar-refractivity contribution < 1.29 is 28.4 Å². The van der Waals surface area contributed by atoms with E-state index in [1.54, 1.807) is 35.4 Å². The van der Waals surface area contributed by atoms with Crippen molar-refractivity contribution in [3.8, 4) is 11.5 Å². The van der Waals surface area contributed by atoms with E-state index in [9.17, 15) is 14.1 Å². The maximum absolute atomic E-state index is 13.5. The fourth-order valence-corrected chi connectivity index (χ4v) is 6.44. The van der Waals surface area contributed by atoms with Crippen molar-refractivity contribution in [2.24, 2.45) is 0 Å². The van der Waals surface area contributed by atoms with Crippen molar-refractivity contribution in [2.75, 3.05) is 44.3 Å². The van der Waals surface area contributed by atoms with E-state index in [2.05, 4.69) is 9.88 Å². The molecule has 0 aliphatic carbocycles. The van der Waals surface area contributed by atoms with E-state index in [4.69, 9.17) is 14.2 Å². The minimum Gasteiger partial charge on any atom is -0.593 e. The smallest absolute Gasteiger partial charge is 0.410 e. The maximum atomic E-state index is 13.5. The van der Waals surface area contributed by atoms with Crippen molar-refractivity contribution in [3.05, 3.63) is 77.1 Å². The second kappa shape index (κ2) is 11.5. The van der Waals surface area contributed by atoms with Crippen molar-refractivity contribution in [1.29, 1.82) is 0 Å². The lowest BCUT2D eigenvalue weighted by atomic mass is 10.0. The summed E-state index contributed by atoms with van der Waals surface area (Å²) in [7, 11) is 0. The molecule has 0 spiro atoms. The van der Waals surface area contributed by atoms with Crippen LogP contribution in [0.5, 0.6) is 11.5 Å². The molecule has 220 valence electrons. The molecular formula is C31H34N4O6S. The van der Waals surface area contributed by atoms with Crippen molar-refractivity contribution in [3.63, 3.8) is 0 Å². The Morgan fingerprint density at radius 3 is 2.43 bits per heavy atom. The molecular weight excluding hydrogens is 556 g/mol. The van der Waals surface area contributed by atoms with Crippen molar-refractivity contribution in [1.82, 2.24) is 14.2 Å². The van der Waals surface area contributed by atoms with Crippen molar-refractivity contribution >= 4 is 28.9 Å². The SMILES string of the molecule is CC(C)(C)OC(=O)N1CCN(c2cccc(C(=O)c3cc4c(cn3)CN([S+]([O-])c3ccc5c(c3)OCCO5)C4)c2)CC1. The number of pyridine rings is 1. The summed E-state index contributed by atoms with van der Waals surface area (Å²) in [6, 6.07) is 14.7. The van der Waals surface area contributed by atoms with E-state index in [1.807, 2.05) is 49.3 Å². The van der Waals surface area contributed by atoms with E-state index in [0.717, 1.165) is 16.8 Å². The molecule has 3 aliphatic rings. The third kappa shape index (κ3) is 6.04. The van der Waals surface area contributed by atoms with Gasteiger partial charge < -0.3 is 28.6 Å². The standard InChI is InChI=1S/C31H34N4O6S/c1-31(2,3)41-30(37)34-11-9-33(10-12-34)24-6-4-5-21(15-24)29(36)26-16-22-19-35(20-23(22)18-32-26)42(38)25-7-8-27-28(17-25)40-14-13-39-27/h4-8,15-18H,9-14,19-20H2,1-3H3. The number of aromatic nitrogens is 1. The van der Waals surface area contributed by atoms with Gasteiger partial charge in [0, 0.05) is 49.7 Å². The van der Waals surface area contributed by atoms with Gasteiger partial charge in [0.2, 0.25) is 5.78 Å². The van der Waals surface area contributed by atoms with E-state index >= 15 is 0 Å². The fourth-order valence-electron chi connectivity index (χ4n) is 5.24. The quantitative estimate of drug-likeness (QED) is 0.320. The Balaban J connectivity index is 1.10. The van der Waals surface area contributed by atoms with E-state index in [1.165, 1.54) is 0 Å². The summed E-state index contributed by atoms with van der Waals surface area (Å²) in [6.45, 7) is 9.84. The monoisotopic (exact) mass is 590 g/mol. The van der Waals surface area contributed by atoms with Crippen LogP contribution in [0.1, 0.15) is 48.0 Å². The largest absolute Gasteiger partial charge is 0.593 e. The Kier molecular flexibility index (Phi) is 7.73. The van der Waals surface area contributed by atoms with Crippen molar-refractivity contribution in [2.45, 2.75) is 44.4 Å². The summed E-state index contributed by atoms with van der Waals surface area (Å²) in [5, 5.41) is 0. The molecule has 6 rings (SSSR count). The minimum absolute atomic E-state index is 0.168. The van der Waals surface area contributed by atoms with Crippen LogP contribution < -0.4 is 14.4 Å².